The van der Waals surface area contributed by atoms with Gasteiger partial charge in [0.1, 0.15) is 11.9 Å². The highest BCUT2D eigenvalue weighted by molar-refractivity contribution is 7.99. The molecule has 10 nitrogen and oxygen atoms in total. The summed E-state index contributed by atoms with van der Waals surface area (Å²) in [5, 5.41) is 8.05. The van der Waals surface area contributed by atoms with Gasteiger partial charge in [0.25, 0.3) is 5.22 Å². The van der Waals surface area contributed by atoms with Gasteiger partial charge in [-0.3, -0.25) is 4.79 Å². The van der Waals surface area contributed by atoms with E-state index in [1.165, 1.54) is 21.3 Å². The molecule has 1 atom stereocenters. The van der Waals surface area contributed by atoms with E-state index in [-0.39, 0.29) is 28.4 Å². The number of nitrogens with zero attached hydrogens (tertiary/aromatic N) is 2. The van der Waals surface area contributed by atoms with Gasteiger partial charge >= 0.3 is 5.97 Å². The van der Waals surface area contributed by atoms with Crippen molar-refractivity contribution >= 4 is 27.6 Å². The van der Waals surface area contributed by atoms with Crippen molar-refractivity contribution in [2.45, 2.75) is 17.7 Å². The molecule has 2 aromatic rings. The van der Waals surface area contributed by atoms with E-state index in [4.69, 9.17) is 23.4 Å². The molecule has 0 radical (unpaired) electrons. The average Bonchev–Trinajstić information content (AvgIpc) is 3.31. The van der Waals surface area contributed by atoms with Gasteiger partial charge in [-0.15, -0.1) is 10.2 Å². The Balaban J connectivity index is 1.64. The summed E-state index contributed by atoms with van der Waals surface area (Å²) in [6.07, 6.45) is -0.268. The summed E-state index contributed by atoms with van der Waals surface area (Å²) in [4.78, 5) is 11.9. The van der Waals surface area contributed by atoms with Gasteiger partial charge in [0.05, 0.1) is 32.8 Å². The van der Waals surface area contributed by atoms with Crippen LogP contribution in [0.1, 0.15) is 6.42 Å². The van der Waals surface area contributed by atoms with Gasteiger partial charge in [-0.25, -0.2) is 8.42 Å². The maximum Gasteiger partial charge on any atom is 0.316 e. The molecule has 0 N–H and O–H groups in total. The lowest BCUT2D eigenvalue weighted by atomic mass is 10.2. The quantitative estimate of drug-likeness (QED) is 0.435. The second-order valence-corrected chi connectivity index (χ2v) is 9.25. The molecule has 0 amide bonds. The molecule has 0 unspecified atom stereocenters. The summed E-state index contributed by atoms with van der Waals surface area (Å²) in [5.41, 5.74) is 0.553. The standard InChI is InChI=1S/C17H20N2O8S2/c1-23-12-6-10(7-13(24-2)15(12)25-3)16-18-19-17(27-16)28-8-14(20)26-11-4-5-29(21,22)9-11/h6-7,11H,4-5,8-9H2,1-3H3/t11-/m0/s1. The number of aromatic nitrogens is 2. The van der Waals surface area contributed by atoms with E-state index in [2.05, 4.69) is 10.2 Å². The highest BCUT2D eigenvalue weighted by atomic mass is 32.2. The first-order chi connectivity index (χ1) is 13.8. The summed E-state index contributed by atoms with van der Waals surface area (Å²) >= 11 is 1.00. The average molecular weight is 444 g/mol. The minimum atomic E-state index is -3.11. The van der Waals surface area contributed by atoms with E-state index in [1.807, 2.05) is 0 Å². The van der Waals surface area contributed by atoms with Crippen molar-refractivity contribution in [1.82, 2.24) is 10.2 Å². The number of ether oxygens (including phenoxy) is 4. The predicted octanol–water partition coefficient (Wildman–Crippen LogP) is 1.58. The molecular weight excluding hydrogens is 424 g/mol. The first-order valence-corrected chi connectivity index (χ1v) is 11.3. The molecule has 1 aliphatic rings. The number of hydrogen-bond donors (Lipinski definition) is 0. The molecule has 0 bridgehead atoms. The second kappa shape index (κ2) is 8.91. The van der Waals surface area contributed by atoms with Gasteiger partial charge in [0, 0.05) is 5.56 Å². The number of benzene rings is 1. The Labute approximate surface area is 171 Å². The van der Waals surface area contributed by atoms with Crippen LogP contribution in [0.5, 0.6) is 17.2 Å². The fraction of sp³-hybridized carbons (Fsp3) is 0.471. The van der Waals surface area contributed by atoms with E-state index in [9.17, 15) is 13.2 Å². The third-order valence-corrected chi connectivity index (χ3v) is 6.65. The van der Waals surface area contributed by atoms with Crippen LogP contribution in [0.15, 0.2) is 21.8 Å². The van der Waals surface area contributed by atoms with Crippen LogP contribution in [0.4, 0.5) is 0 Å². The van der Waals surface area contributed by atoms with Crippen LogP contribution in [0.25, 0.3) is 11.5 Å². The van der Waals surface area contributed by atoms with Crippen LogP contribution in [-0.4, -0.2) is 69.3 Å². The number of esters is 1. The zero-order chi connectivity index (χ0) is 21.0. The van der Waals surface area contributed by atoms with Gasteiger partial charge < -0.3 is 23.4 Å². The van der Waals surface area contributed by atoms with E-state index in [1.54, 1.807) is 12.1 Å². The number of hydrogen-bond acceptors (Lipinski definition) is 11. The Kier molecular flexibility index (Phi) is 6.52. The van der Waals surface area contributed by atoms with Gasteiger partial charge in [0.2, 0.25) is 11.6 Å². The van der Waals surface area contributed by atoms with E-state index in [0.29, 0.717) is 29.2 Å². The van der Waals surface area contributed by atoms with Crippen molar-refractivity contribution in [3.05, 3.63) is 12.1 Å². The number of carbonyl (C=O) groups is 1. The molecule has 0 aliphatic carbocycles. The molecule has 1 saturated heterocycles. The first kappa shape index (κ1) is 21.2. The lowest BCUT2D eigenvalue weighted by molar-refractivity contribution is -0.144. The van der Waals surface area contributed by atoms with Crippen molar-refractivity contribution in [2.75, 3.05) is 38.6 Å². The highest BCUT2D eigenvalue weighted by Crippen LogP contribution is 2.41. The molecule has 1 aromatic carbocycles. The smallest absolute Gasteiger partial charge is 0.316 e. The van der Waals surface area contributed by atoms with Gasteiger partial charge in [-0.05, 0) is 18.6 Å². The molecule has 1 fully saturated rings. The van der Waals surface area contributed by atoms with Crippen molar-refractivity contribution in [3.63, 3.8) is 0 Å². The van der Waals surface area contributed by atoms with E-state index >= 15 is 0 Å². The SMILES string of the molecule is COc1cc(-c2nnc(SCC(=O)O[C@H]3CCS(=O)(=O)C3)o2)cc(OC)c1OC. The number of methoxy groups -OCH3 is 3. The lowest BCUT2D eigenvalue weighted by Gasteiger charge is -2.12. The second-order valence-electron chi connectivity index (χ2n) is 6.09. The summed E-state index contributed by atoms with van der Waals surface area (Å²) in [6, 6.07) is 3.33. The maximum atomic E-state index is 11.9. The van der Waals surface area contributed by atoms with Crippen molar-refractivity contribution in [1.29, 1.82) is 0 Å². The van der Waals surface area contributed by atoms with E-state index in [0.717, 1.165) is 11.8 Å². The monoisotopic (exact) mass is 444 g/mol. The third kappa shape index (κ3) is 5.12. The first-order valence-electron chi connectivity index (χ1n) is 8.51. The third-order valence-electron chi connectivity index (χ3n) is 4.12. The number of sulfone groups is 1. The fourth-order valence-electron chi connectivity index (χ4n) is 2.78. The Morgan fingerprint density at radius 2 is 1.86 bits per heavy atom. The Morgan fingerprint density at radius 3 is 2.41 bits per heavy atom. The minimum Gasteiger partial charge on any atom is -0.493 e. The van der Waals surface area contributed by atoms with E-state index < -0.39 is 21.9 Å². The molecule has 2 heterocycles. The van der Waals surface area contributed by atoms with Crippen LogP contribution in [0, 0.1) is 0 Å². The Bertz CT molecular complexity index is 964. The van der Waals surface area contributed by atoms with Gasteiger partial charge in [-0.1, -0.05) is 11.8 Å². The molecular formula is C17H20N2O8S2. The molecule has 1 aliphatic heterocycles. The van der Waals surface area contributed by atoms with Crippen molar-refractivity contribution < 1.29 is 36.6 Å². The molecule has 29 heavy (non-hydrogen) atoms. The fourth-order valence-corrected chi connectivity index (χ4v) is 4.92. The molecule has 1 aromatic heterocycles. The zero-order valence-electron chi connectivity index (χ0n) is 16.0. The summed E-state index contributed by atoms with van der Waals surface area (Å²) < 4.78 is 49.5. The highest BCUT2D eigenvalue weighted by Gasteiger charge is 2.30. The van der Waals surface area contributed by atoms with Crippen LogP contribution in [-0.2, 0) is 19.4 Å². The van der Waals surface area contributed by atoms with Crippen LogP contribution in [0.3, 0.4) is 0 Å². The molecule has 3 rings (SSSR count). The normalized spacial score (nSPS) is 17.7. The van der Waals surface area contributed by atoms with Crippen LogP contribution < -0.4 is 14.2 Å². The summed E-state index contributed by atoms with van der Waals surface area (Å²) in [6.45, 7) is 0. The van der Waals surface area contributed by atoms with Gasteiger partial charge in [0.15, 0.2) is 21.3 Å². The number of rotatable bonds is 8. The number of thioether (sulfide) groups is 1. The largest absolute Gasteiger partial charge is 0.493 e. The van der Waals surface area contributed by atoms with Crippen molar-refractivity contribution in [3.8, 4) is 28.7 Å². The molecule has 0 spiro atoms. The number of carbonyl (C=O) groups excluding carboxylic acids is 1. The predicted molar refractivity (Wildman–Crippen MR) is 103 cm³/mol. The van der Waals surface area contributed by atoms with Crippen LogP contribution >= 0.6 is 11.8 Å². The summed E-state index contributed by atoms with van der Waals surface area (Å²) in [7, 11) is 1.39. The Hall–Kier alpha value is -2.47. The molecule has 158 valence electrons. The Morgan fingerprint density at radius 1 is 1.17 bits per heavy atom. The molecule has 12 heteroatoms. The van der Waals surface area contributed by atoms with Crippen molar-refractivity contribution in [2.24, 2.45) is 0 Å². The minimum absolute atomic E-state index is 0.0416. The van der Waals surface area contributed by atoms with Gasteiger partial charge in [-0.2, -0.15) is 0 Å². The zero-order valence-corrected chi connectivity index (χ0v) is 17.7. The van der Waals surface area contributed by atoms with Crippen LogP contribution in [0.2, 0.25) is 0 Å². The maximum absolute atomic E-state index is 11.9. The lowest BCUT2D eigenvalue weighted by Crippen LogP contribution is -2.20. The topological polar surface area (TPSA) is 127 Å². The summed E-state index contributed by atoms with van der Waals surface area (Å²) in [5.74, 6) is 0.813. The molecule has 0 saturated carbocycles.